The molecule has 0 aromatic heterocycles. The third-order valence-electron chi connectivity index (χ3n) is 3.83. The minimum atomic E-state index is -0.626. The molecule has 1 aromatic rings. The third-order valence-corrected chi connectivity index (χ3v) is 3.83. The van der Waals surface area contributed by atoms with E-state index in [-0.39, 0.29) is 11.8 Å². The van der Waals surface area contributed by atoms with Crippen molar-refractivity contribution < 1.29 is 13.9 Å². The van der Waals surface area contributed by atoms with E-state index in [1.54, 1.807) is 6.07 Å². The lowest BCUT2D eigenvalue weighted by Gasteiger charge is -2.36. The molecule has 1 saturated heterocycles. The number of aryl methyl sites for hydroxylation is 1. The first-order chi connectivity index (χ1) is 9.10. The van der Waals surface area contributed by atoms with E-state index in [0.29, 0.717) is 19.4 Å². The van der Waals surface area contributed by atoms with Gasteiger partial charge in [0.05, 0.1) is 12.0 Å². The molecule has 0 radical (unpaired) electrons. The minimum absolute atomic E-state index is 0.189. The third kappa shape index (κ3) is 2.63. The molecule has 1 aliphatic heterocycles. The largest absolute Gasteiger partial charge is 0.465 e. The molecule has 0 saturated carbocycles. The van der Waals surface area contributed by atoms with Gasteiger partial charge in [-0.3, -0.25) is 4.79 Å². The highest BCUT2D eigenvalue weighted by molar-refractivity contribution is 5.84. The summed E-state index contributed by atoms with van der Waals surface area (Å²) in [6.07, 6.45) is 1.39. The Balaban J connectivity index is 2.44. The van der Waals surface area contributed by atoms with Gasteiger partial charge < -0.3 is 10.1 Å². The van der Waals surface area contributed by atoms with Crippen LogP contribution in [0.4, 0.5) is 4.39 Å². The maximum Gasteiger partial charge on any atom is 0.316 e. The predicted molar refractivity (Wildman–Crippen MR) is 71.6 cm³/mol. The molecule has 2 rings (SSSR count). The minimum Gasteiger partial charge on any atom is -0.465 e. The van der Waals surface area contributed by atoms with Crippen LogP contribution in [0, 0.1) is 12.7 Å². The first-order valence-corrected chi connectivity index (χ1v) is 6.75. The monoisotopic (exact) mass is 265 g/mol. The molecule has 1 aromatic carbocycles. The van der Waals surface area contributed by atoms with E-state index in [4.69, 9.17) is 4.74 Å². The van der Waals surface area contributed by atoms with Gasteiger partial charge >= 0.3 is 5.97 Å². The highest BCUT2D eigenvalue weighted by Crippen LogP contribution is 2.37. The summed E-state index contributed by atoms with van der Waals surface area (Å²) in [5.41, 5.74) is 1.09. The fourth-order valence-corrected chi connectivity index (χ4v) is 2.87. The molecule has 0 amide bonds. The summed E-state index contributed by atoms with van der Waals surface area (Å²) in [6, 6.07) is 4.64. The van der Waals surface area contributed by atoms with Gasteiger partial charge in [0.25, 0.3) is 0 Å². The molecule has 1 N–H and O–H groups in total. The first kappa shape index (κ1) is 14.0. The summed E-state index contributed by atoms with van der Waals surface area (Å²) in [6.45, 7) is 5.57. The Morgan fingerprint density at radius 2 is 2.11 bits per heavy atom. The molecule has 19 heavy (non-hydrogen) atoms. The Bertz CT molecular complexity index is 467. The van der Waals surface area contributed by atoms with E-state index >= 15 is 0 Å². The van der Waals surface area contributed by atoms with Crippen molar-refractivity contribution in [3.63, 3.8) is 0 Å². The lowest BCUT2D eigenvalue weighted by molar-refractivity contribution is -0.151. The zero-order valence-electron chi connectivity index (χ0n) is 11.5. The van der Waals surface area contributed by atoms with Crippen LogP contribution in [0.3, 0.4) is 0 Å². The second kappa shape index (κ2) is 5.70. The van der Waals surface area contributed by atoms with Crippen LogP contribution in [0.1, 0.15) is 30.9 Å². The molecule has 1 fully saturated rings. The van der Waals surface area contributed by atoms with Gasteiger partial charge in [0.15, 0.2) is 0 Å². The summed E-state index contributed by atoms with van der Waals surface area (Å²) in [7, 11) is 0. The van der Waals surface area contributed by atoms with Crippen LogP contribution in [0.2, 0.25) is 0 Å². The Kier molecular flexibility index (Phi) is 4.20. The van der Waals surface area contributed by atoms with Crippen LogP contribution in [0.5, 0.6) is 0 Å². The van der Waals surface area contributed by atoms with E-state index in [0.717, 1.165) is 24.2 Å². The molecule has 1 aliphatic rings. The van der Waals surface area contributed by atoms with Crippen molar-refractivity contribution in [1.29, 1.82) is 0 Å². The Hall–Kier alpha value is -1.42. The molecule has 0 unspecified atom stereocenters. The number of rotatable bonds is 3. The summed E-state index contributed by atoms with van der Waals surface area (Å²) < 4.78 is 18.5. The summed E-state index contributed by atoms with van der Waals surface area (Å²) in [5.74, 6) is -0.458. The molecule has 3 nitrogen and oxygen atoms in total. The Morgan fingerprint density at radius 3 is 2.68 bits per heavy atom. The van der Waals surface area contributed by atoms with Gasteiger partial charge in [0.2, 0.25) is 0 Å². The van der Waals surface area contributed by atoms with Crippen LogP contribution in [0.15, 0.2) is 18.2 Å². The van der Waals surface area contributed by atoms with Gasteiger partial charge in [0.1, 0.15) is 5.82 Å². The van der Waals surface area contributed by atoms with Gasteiger partial charge in [0, 0.05) is 0 Å². The van der Waals surface area contributed by atoms with E-state index in [1.807, 2.05) is 13.8 Å². The van der Waals surface area contributed by atoms with Gasteiger partial charge in [-0.1, -0.05) is 6.07 Å². The van der Waals surface area contributed by atoms with E-state index < -0.39 is 5.41 Å². The Labute approximate surface area is 113 Å². The molecule has 0 atom stereocenters. The number of piperidine rings is 1. The molecule has 1 heterocycles. The van der Waals surface area contributed by atoms with Crippen LogP contribution >= 0.6 is 0 Å². The van der Waals surface area contributed by atoms with Gasteiger partial charge in [-0.15, -0.1) is 0 Å². The van der Waals surface area contributed by atoms with Crippen molar-refractivity contribution in [3.8, 4) is 0 Å². The molecule has 0 aliphatic carbocycles. The van der Waals surface area contributed by atoms with Crippen molar-refractivity contribution in [2.24, 2.45) is 0 Å². The lowest BCUT2D eigenvalue weighted by Crippen LogP contribution is -2.46. The second-order valence-corrected chi connectivity index (χ2v) is 5.01. The van der Waals surface area contributed by atoms with Gasteiger partial charge in [-0.2, -0.15) is 0 Å². The van der Waals surface area contributed by atoms with Crippen molar-refractivity contribution in [2.45, 2.75) is 32.1 Å². The number of carbonyl (C=O) groups excluding carboxylic acids is 1. The molecular weight excluding hydrogens is 245 g/mol. The van der Waals surface area contributed by atoms with Crippen molar-refractivity contribution in [1.82, 2.24) is 5.32 Å². The number of hydrogen-bond donors (Lipinski definition) is 1. The zero-order valence-corrected chi connectivity index (χ0v) is 11.5. The smallest absolute Gasteiger partial charge is 0.316 e. The number of ether oxygens (including phenoxy) is 1. The Morgan fingerprint density at radius 1 is 1.42 bits per heavy atom. The summed E-state index contributed by atoms with van der Waals surface area (Å²) >= 11 is 0. The van der Waals surface area contributed by atoms with Crippen LogP contribution in [0.25, 0.3) is 0 Å². The van der Waals surface area contributed by atoms with Crippen LogP contribution in [-0.4, -0.2) is 25.7 Å². The van der Waals surface area contributed by atoms with Crippen molar-refractivity contribution in [2.75, 3.05) is 19.7 Å². The molecule has 104 valence electrons. The quantitative estimate of drug-likeness (QED) is 0.852. The molecule has 0 spiro atoms. The van der Waals surface area contributed by atoms with E-state index in [1.165, 1.54) is 12.1 Å². The van der Waals surface area contributed by atoms with E-state index in [2.05, 4.69) is 5.32 Å². The normalized spacial score (nSPS) is 18.1. The highest BCUT2D eigenvalue weighted by Gasteiger charge is 2.43. The van der Waals surface area contributed by atoms with Crippen LogP contribution < -0.4 is 5.32 Å². The topological polar surface area (TPSA) is 38.3 Å². The first-order valence-electron chi connectivity index (χ1n) is 6.75. The standard InChI is InChI=1S/C15H20FNO2/c1-3-19-14(18)15(6-8-17-9-7-15)13-5-4-12(16)10-11(13)2/h4-5,10,17H,3,6-9H2,1-2H3. The number of carbonyl (C=O) groups is 1. The maximum absolute atomic E-state index is 13.3. The molecule has 4 heteroatoms. The fraction of sp³-hybridized carbons (Fsp3) is 0.533. The highest BCUT2D eigenvalue weighted by atomic mass is 19.1. The van der Waals surface area contributed by atoms with Crippen molar-refractivity contribution >= 4 is 5.97 Å². The summed E-state index contributed by atoms with van der Waals surface area (Å²) in [4.78, 5) is 12.4. The average Bonchev–Trinajstić information content (AvgIpc) is 2.39. The fourth-order valence-electron chi connectivity index (χ4n) is 2.87. The molecule has 0 bridgehead atoms. The zero-order chi connectivity index (χ0) is 13.9. The van der Waals surface area contributed by atoms with E-state index in [9.17, 15) is 9.18 Å². The number of halogens is 1. The SMILES string of the molecule is CCOC(=O)C1(c2ccc(F)cc2C)CCNCC1. The lowest BCUT2D eigenvalue weighted by atomic mass is 9.71. The average molecular weight is 265 g/mol. The number of esters is 1. The molecular formula is C15H20FNO2. The maximum atomic E-state index is 13.3. The van der Waals surface area contributed by atoms with Gasteiger partial charge in [-0.05, 0) is 63.0 Å². The van der Waals surface area contributed by atoms with Gasteiger partial charge in [-0.25, -0.2) is 4.39 Å². The summed E-state index contributed by atoms with van der Waals surface area (Å²) in [5, 5.41) is 3.26. The van der Waals surface area contributed by atoms with Crippen molar-refractivity contribution in [3.05, 3.63) is 35.1 Å². The predicted octanol–water partition coefficient (Wildman–Crippen LogP) is 2.32. The number of hydrogen-bond acceptors (Lipinski definition) is 3. The second-order valence-electron chi connectivity index (χ2n) is 5.01. The number of benzene rings is 1. The van der Waals surface area contributed by atoms with Crippen LogP contribution in [-0.2, 0) is 14.9 Å². The number of nitrogens with one attached hydrogen (secondary N) is 1.